The van der Waals surface area contributed by atoms with Gasteiger partial charge in [0.05, 0.1) is 26.1 Å². The first-order chi connectivity index (χ1) is 11.1. The average molecular weight is 315 g/mol. The molecule has 6 nitrogen and oxygen atoms in total. The van der Waals surface area contributed by atoms with Crippen molar-refractivity contribution in [3.05, 3.63) is 48.5 Å². The van der Waals surface area contributed by atoms with Crippen LogP contribution in [0.4, 0.5) is 4.39 Å². The second-order valence-corrected chi connectivity index (χ2v) is 5.64. The zero-order valence-corrected chi connectivity index (χ0v) is 12.1. The van der Waals surface area contributed by atoms with Crippen LogP contribution in [0.1, 0.15) is 0 Å². The van der Waals surface area contributed by atoms with Crippen LogP contribution in [0.3, 0.4) is 0 Å². The Hall–Kier alpha value is -2.51. The van der Waals surface area contributed by atoms with Crippen molar-refractivity contribution < 1.29 is 19.0 Å². The van der Waals surface area contributed by atoms with E-state index in [1.807, 2.05) is 0 Å². The molecule has 0 unspecified atom stereocenters. The molecule has 3 heterocycles. The molecule has 0 saturated carbocycles. The molecule has 1 aliphatic rings. The van der Waals surface area contributed by atoms with Gasteiger partial charge in [0, 0.05) is 6.07 Å². The van der Waals surface area contributed by atoms with Gasteiger partial charge in [-0.05, 0) is 30.3 Å². The monoisotopic (exact) mass is 315 g/mol. The van der Waals surface area contributed by atoms with E-state index >= 15 is 0 Å². The van der Waals surface area contributed by atoms with E-state index in [4.69, 9.17) is 9.47 Å². The SMILES string of the molecule is OC1(Cn2cnc3ccc(Oc4ccc(F)cc4)nc32)COC1. The number of hydrogen-bond acceptors (Lipinski definition) is 5. The predicted octanol–water partition coefficient (Wildman–Crippen LogP) is 2.12. The lowest BCUT2D eigenvalue weighted by Gasteiger charge is -2.36. The highest BCUT2D eigenvalue weighted by atomic mass is 19.1. The molecule has 0 bridgehead atoms. The van der Waals surface area contributed by atoms with E-state index in [-0.39, 0.29) is 5.82 Å². The van der Waals surface area contributed by atoms with E-state index < -0.39 is 5.60 Å². The Morgan fingerprint density at radius 1 is 1.22 bits per heavy atom. The molecule has 0 radical (unpaired) electrons. The maximum absolute atomic E-state index is 12.9. The zero-order chi connectivity index (χ0) is 15.9. The van der Waals surface area contributed by atoms with E-state index in [0.717, 1.165) is 0 Å². The van der Waals surface area contributed by atoms with Crippen LogP contribution >= 0.6 is 0 Å². The van der Waals surface area contributed by atoms with E-state index in [1.165, 1.54) is 24.3 Å². The third-order valence-electron chi connectivity index (χ3n) is 3.68. The number of fused-ring (bicyclic) bond motifs is 1. The molecule has 1 aromatic carbocycles. The highest BCUT2D eigenvalue weighted by molar-refractivity contribution is 5.71. The molecule has 0 amide bonds. The average Bonchev–Trinajstić information content (AvgIpc) is 2.90. The van der Waals surface area contributed by atoms with E-state index in [2.05, 4.69) is 9.97 Å². The fraction of sp³-hybridized carbons (Fsp3) is 0.250. The predicted molar refractivity (Wildman–Crippen MR) is 79.8 cm³/mol. The fourth-order valence-electron chi connectivity index (χ4n) is 2.46. The Morgan fingerprint density at radius 3 is 2.70 bits per heavy atom. The van der Waals surface area contributed by atoms with Crippen LogP contribution in [0.15, 0.2) is 42.7 Å². The van der Waals surface area contributed by atoms with Gasteiger partial charge in [0.1, 0.15) is 22.7 Å². The number of aliphatic hydroxyl groups is 1. The lowest BCUT2D eigenvalue weighted by atomic mass is 10.0. The van der Waals surface area contributed by atoms with Crippen molar-refractivity contribution in [2.24, 2.45) is 0 Å². The van der Waals surface area contributed by atoms with Crippen LogP contribution in [0.5, 0.6) is 11.6 Å². The van der Waals surface area contributed by atoms with Gasteiger partial charge in [-0.25, -0.2) is 9.37 Å². The van der Waals surface area contributed by atoms with Crippen molar-refractivity contribution in [1.29, 1.82) is 0 Å². The van der Waals surface area contributed by atoms with Gasteiger partial charge in [0.15, 0.2) is 5.65 Å². The summed E-state index contributed by atoms with van der Waals surface area (Å²) >= 11 is 0. The minimum Gasteiger partial charge on any atom is -0.439 e. The summed E-state index contributed by atoms with van der Waals surface area (Å²) in [4.78, 5) is 8.69. The lowest BCUT2D eigenvalue weighted by Crippen LogP contribution is -2.52. The molecule has 1 fully saturated rings. The summed E-state index contributed by atoms with van der Waals surface area (Å²) in [5, 5.41) is 10.2. The molecule has 1 aliphatic heterocycles. The van der Waals surface area contributed by atoms with Crippen LogP contribution in [0.2, 0.25) is 0 Å². The van der Waals surface area contributed by atoms with Gasteiger partial charge in [0.25, 0.3) is 0 Å². The Bertz CT molecular complexity index is 843. The fourth-order valence-corrected chi connectivity index (χ4v) is 2.46. The van der Waals surface area contributed by atoms with Crippen molar-refractivity contribution in [3.8, 4) is 11.6 Å². The van der Waals surface area contributed by atoms with Crippen LogP contribution in [-0.2, 0) is 11.3 Å². The van der Waals surface area contributed by atoms with Gasteiger partial charge in [0.2, 0.25) is 5.88 Å². The first-order valence-corrected chi connectivity index (χ1v) is 7.17. The summed E-state index contributed by atoms with van der Waals surface area (Å²) in [6.07, 6.45) is 1.63. The number of rotatable bonds is 4. The van der Waals surface area contributed by atoms with Gasteiger partial charge in [-0.3, -0.25) is 0 Å². The van der Waals surface area contributed by atoms with Crippen molar-refractivity contribution in [2.75, 3.05) is 13.2 Å². The zero-order valence-electron chi connectivity index (χ0n) is 12.1. The maximum atomic E-state index is 12.9. The largest absolute Gasteiger partial charge is 0.439 e. The lowest BCUT2D eigenvalue weighted by molar-refractivity contribution is -0.184. The molecule has 1 N–H and O–H groups in total. The number of nitrogens with zero attached hydrogens (tertiary/aromatic N) is 3. The van der Waals surface area contributed by atoms with E-state index in [9.17, 15) is 9.50 Å². The molecule has 2 aromatic heterocycles. The summed E-state index contributed by atoms with van der Waals surface area (Å²) in [6.45, 7) is 0.966. The summed E-state index contributed by atoms with van der Waals surface area (Å²) in [6, 6.07) is 9.21. The van der Waals surface area contributed by atoms with E-state index in [1.54, 1.807) is 23.0 Å². The number of ether oxygens (including phenoxy) is 2. The number of pyridine rings is 1. The van der Waals surface area contributed by atoms with Crippen molar-refractivity contribution in [1.82, 2.24) is 14.5 Å². The van der Waals surface area contributed by atoms with Crippen LogP contribution < -0.4 is 4.74 Å². The number of benzene rings is 1. The van der Waals surface area contributed by atoms with Gasteiger partial charge in [-0.15, -0.1) is 0 Å². The molecule has 7 heteroatoms. The molecule has 3 aromatic rings. The van der Waals surface area contributed by atoms with Gasteiger partial charge in [-0.2, -0.15) is 4.98 Å². The number of imidazole rings is 1. The molecule has 1 saturated heterocycles. The molecule has 4 rings (SSSR count). The molecule has 0 spiro atoms. The third kappa shape index (κ3) is 2.76. The second-order valence-electron chi connectivity index (χ2n) is 5.64. The van der Waals surface area contributed by atoms with Crippen molar-refractivity contribution >= 4 is 11.2 Å². The molecule has 118 valence electrons. The quantitative estimate of drug-likeness (QED) is 0.798. The summed E-state index contributed by atoms with van der Waals surface area (Å²) in [5.74, 6) is 0.549. The molecular formula is C16H14FN3O3. The summed E-state index contributed by atoms with van der Waals surface area (Å²) in [5.41, 5.74) is 0.452. The normalized spacial score (nSPS) is 16.3. The first-order valence-electron chi connectivity index (χ1n) is 7.17. The summed E-state index contributed by atoms with van der Waals surface area (Å²) in [7, 11) is 0. The standard InChI is InChI=1S/C16H14FN3O3/c17-11-1-3-12(4-2-11)23-14-6-5-13-15(19-14)20(10-18-13)7-16(21)8-22-9-16/h1-6,10,21H,7-9H2. The Balaban J connectivity index is 1.62. The molecule has 0 atom stereocenters. The van der Waals surface area contributed by atoms with Gasteiger partial charge >= 0.3 is 0 Å². The topological polar surface area (TPSA) is 69.4 Å². The van der Waals surface area contributed by atoms with Gasteiger partial charge in [-0.1, -0.05) is 0 Å². The molecule has 23 heavy (non-hydrogen) atoms. The maximum Gasteiger partial charge on any atom is 0.221 e. The minimum absolute atomic E-state index is 0.304. The highest BCUT2D eigenvalue weighted by Crippen LogP contribution is 2.24. The van der Waals surface area contributed by atoms with Crippen molar-refractivity contribution in [3.63, 3.8) is 0 Å². The Morgan fingerprint density at radius 2 is 2.00 bits per heavy atom. The van der Waals surface area contributed by atoms with Gasteiger partial charge < -0.3 is 19.1 Å². The number of aromatic nitrogens is 3. The van der Waals surface area contributed by atoms with Crippen molar-refractivity contribution in [2.45, 2.75) is 12.1 Å². The van der Waals surface area contributed by atoms with Crippen LogP contribution in [0.25, 0.3) is 11.2 Å². The second kappa shape index (κ2) is 5.29. The first kappa shape index (κ1) is 14.1. The molecular weight excluding hydrogens is 301 g/mol. The molecule has 0 aliphatic carbocycles. The minimum atomic E-state index is -0.872. The van der Waals surface area contributed by atoms with E-state index in [0.29, 0.717) is 42.6 Å². The Labute approximate surface area is 131 Å². The highest BCUT2D eigenvalue weighted by Gasteiger charge is 2.36. The van der Waals surface area contributed by atoms with Crippen LogP contribution in [0, 0.1) is 5.82 Å². The number of hydrogen-bond donors (Lipinski definition) is 1. The number of halogens is 1. The smallest absolute Gasteiger partial charge is 0.221 e. The third-order valence-corrected chi connectivity index (χ3v) is 3.68. The Kier molecular flexibility index (Phi) is 3.24. The van der Waals surface area contributed by atoms with Crippen LogP contribution in [-0.4, -0.2) is 38.5 Å². The summed E-state index contributed by atoms with van der Waals surface area (Å²) < 4.78 is 25.4.